The standard InChI is InChI=1S/C19H17F3N6OS/c1-3-27-10-12(11(2)25-27)9-23-18(29)14-8-17-24-13(15-5-4-6-30-15)7-16(19(20,21)22)28(17)26-14/h4-8,10H,3,9H2,1-2H3,(H,23,29). The Labute approximate surface area is 173 Å². The van der Waals surface area contributed by atoms with Gasteiger partial charge in [-0.3, -0.25) is 9.48 Å². The van der Waals surface area contributed by atoms with E-state index in [9.17, 15) is 18.0 Å². The van der Waals surface area contributed by atoms with E-state index < -0.39 is 17.8 Å². The summed E-state index contributed by atoms with van der Waals surface area (Å²) in [6.45, 7) is 4.66. The Morgan fingerprint density at radius 2 is 2.07 bits per heavy atom. The van der Waals surface area contributed by atoms with Crippen LogP contribution in [0.3, 0.4) is 0 Å². The number of carbonyl (C=O) groups excluding carboxylic acids is 1. The first kappa shape index (κ1) is 20.1. The van der Waals surface area contributed by atoms with Crippen LogP contribution in [0.2, 0.25) is 0 Å². The first-order valence-corrected chi connectivity index (χ1v) is 9.97. The van der Waals surface area contributed by atoms with Crippen LogP contribution in [0, 0.1) is 6.92 Å². The highest BCUT2D eigenvalue weighted by Gasteiger charge is 2.35. The van der Waals surface area contributed by atoms with Gasteiger partial charge in [0.2, 0.25) is 0 Å². The Hall–Kier alpha value is -3.21. The van der Waals surface area contributed by atoms with Crippen LogP contribution in [0.5, 0.6) is 0 Å². The molecule has 0 atom stereocenters. The molecule has 0 aliphatic rings. The molecule has 0 bridgehead atoms. The minimum absolute atomic E-state index is 0.0478. The molecule has 0 aromatic carbocycles. The number of rotatable bonds is 5. The third kappa shape index (κ3) is 3.80. The van der Waals surface area contributed by atoms with Gasteiger partial charge in [-0.05, 0) is 31.4 Å². The Morgan fingerprint density at radius 3 is 2.70 bits per heavy atom. The number of halogens is 3. The summed E-state index contributed by atoms with van der Waals surface area (Å²) in [5.41, 5.74) is 0.594. The molecule has 0 saturated heterocycles. The van der Waals surface area contributed by atoms with E-state index in [-0.39, 0.29) is 23.6 Å². The van der Waals surface area contributed by atoms with Gasteiger partial charge in [0.15, 0.2) is 17.0 Å². The molecule has 7 nitrogen and oxygen atoms in total. The van der Waals surface area contributed by atoms with Crippen LogP contribution in [-0.2, 0) is 19.3 Å². The van der Waals surface area contributed by atoms with Crippen molar-refractivity contribution >= 4 is 22.9 Å². The summed E-state index contributed by atoms with van der Waals surface area (Å²) < 4.78 is 43.2. The van der Waals surface area contributed by atoms with Crippen molar-refractivity contribution in [3.63, 3.8) is 0 Å². The lowest BCUT2D eigenvalue weighted by Gasteiger charge is -2.10. The smallest absolute Gasteiger partial charge is 0.346 e. The fourth-order valence-corrected chi connectivity index (χ4v) is 3.68. The van der Waals surface area contributed by atoms with Gasteiger partial charge in [0.05, 0.1) is 16.3 Å². The number of hydrogen-bond donors (Lipinski definition) is 1. The lowest BCUT2D eigenvalue weighted by atomic mass is 10.2. The molecule has 0 aliphatic heterocycles. The molecule has 0 radical (unpaired) electrons. The van der Waals surface area contributed by atoms with Crippen molar-refractivity contribution in [3.8, 4) is 10.6 Å². The van der Waals surface area contributed by atoms with Crippen molar-refractivity contribution < 1.29 is 18.0 Å². The van der Waals surface area contributed by atoms with Gasteiger partial charge >= 0.3 is 6.18 Å². The molecule has 0 aliphatic carbocycles. The maximum Gasteiger partial charge on any atom is 0.433 e. The maximum atomic E-state index is 13.6. The fourth-order valence-electron chi connectivity index (χ4n) is 3.00. The van der Waals surface area contributed by atoms with Crippen molar-refractivity contribution in [3.05, 3.63) is 58.5 Å². The predicted octanol–water partition coefficient (Wildman–Crippen LogP) is 3.93. The van der Waals surface area contributed by atoms with Crippen molar-refractivity contribution in [2.45, 2.75) is 33.1 Å². The topological polar surface area (TPSA) is 77.1 Å². The van der Waals surface area contributed by atoms with Gasteiger partial charge in [-0.15, -0.1) is 11.3 Å². The number of fused-ring (bicyclic) bond motifs is 1. The van der Waals surface area contributed by atoms with E-state index in [1.54, 1.807) is 22.2 Å². The third-order valence-corrected chi connectivity index (χ3v) is 5.43. The van der Waals surface area contributed by atoms with Crippen LogP contribution in [0.25, 0.3) is 16.2 Å². The highest BCUT2D eigenvalue weighted by atomic mass is 32.1. The van der Waals surface area contributed by atoms with Gasteiger partial charge in [0.25, 0.3) is 5.91 Å². The summed E-state index contributed by atoms with van der Waals surface area (Å²) in [5, 5.41) is 12.6. The normalized spacial score (nSPS) is 11.9. The lowest BCUT2D eigenvalue weighted by Crippen LogP contribution is -2.23. The van der Waals surface area contributed by atoms with Crippen molar-refractivity contribution in [2.75, 3.05) is 0 Å². The monoisotopic (exact) mass is 434 g/mol. The summed E-state index contributed by atoms with van der Waals surface area (Å²) in [5.74, 6) is -0.588. The Morgan fingerprint density at radius 1 is 1.27 bits per heavy atom. The second-order valence-corrected chi connectivity index (χ2v) is 7.53. The summed E-state index contributed by atoms with van der Waals surface area (Å²) in [6, 6.07) is 5.61. The zero-order chi connectivity index (χ0) is 21.5. The number of hydrogen-bond acceptors (Lipinski definition) is 5. The molecule has 156 valence electrons. The molecule has 4 rings (SSSR count). The molecule has 0 fully saturated rings. The van der Waals surface area contributed by atoms with Crippen LogP contribution in [0.1, 0.15) is 34.4 Å². The van der Waals surface area contributed by atoms with Crippen LogP contribution in [0.4, 0.5) is 13.2 Å². The quantitative estimate of drug-likeness (QED) is 0.516. The molecular weight excluding hydrogens is 417 g/mol. The molecule has 30 heavy (non-hydrogen) atoms. The van der Waals surface area contributed by atoms with E-state index in [2.05, 4.69) is 20.5 Å². The largest absolute Gasteiger partial charge is 0.433 e. The molecule has 1 N–H and O–H groups in total. The Bertz CT molecular complexity index is 1210. The first-order chi connectivity index (χ1) is 14.3. The van der Waals surface area contributed by atoms with E-state index >= 15 is 0 Å². The number of thiophene rings is 1. The van der Waals surface area contributed by atoms with Crippen LogP contribution >= 0.6 is 11.3 Å². The number of nitrogens with zero attached hydrogens (tertiary/aromatic N) is 5. The maximum absolute atomic E-state index is 13.6. The number of aromatic nitrogens is 5. The van der Waals surface area contributed by atoms with Crippen molar-refractivity contribution in [1.29, 1.82) is 0 Å². The molecule has 0 saturated carbocycles. The van der Waals surface area contributed by atoms with Gasteiger partial charge in [-0.25, -0.2) is 9.50 Å². The predicted molar refractivity (Wildman–Crippen MR) is 105 cm³/mol. The third-order valence-electron chi connectivity index (χ3n) is 4.54. The van der Waals surface area contributed by atoms with E-state index in [4.69, 9.17) is 0 Å². The molecule has 1 amide bonds. The molecule has 0 unspecified atom stereocenters. The van der Waals surface area contributed by atoms with Crippen LogP contribution in [-0.4, -0.2) is 30.3 Å². The zero-order valence-corrected chi connectivity index (χ0v) is 16.9. The second kappa shape index (κ2) is 7.56. The molecule has 11 heteroatoms. The average Bonchev–Trinajstić information content (AvgIpc) is 3.43. The fraction of sp³-hybridized carbons (Fsp3) is 0.263. The number of aryl methyl sites for hydroxylation is 2. The first-order valence-electron chi connectivity index (χ1n) is 9.09. The molecule has 0 spiro atoms. The van der Waals surface area contributed by atoms with E-state index in [1.165, 1.54) is 17.4 Å². The van der Waals surface area contributed by atoms with Gasteiger partial charge in [0, 0.05) is 30.9 Å². The van der Waals surface area contributed by atoms with Crippen molar-refractivity contribution in [2.24, 2.45) is 0 Å². The summed E-state index contributed by atoms with van der Waals surface area (Å²) >= 11 is 1.28. The van der Waals surface area contributed by atoms with E-state index in [0.717, 1.165) is 17.3 Å². The van der Waals surface area contributed by atoms with Crippen molar-refractivity contribution in [1.82, 2.24) is 29.7 Å². The summed E-state index contributed by atoms with van der Waals surface area (Å²) in [4.78, 5) is 17.4. The van der Waals surface area contributed by atoms with E-state index in [1.807, 2.05) is 20.0 Å². The summed E-state index contributed by atoms with van der Waals surface area (Å²) in [6.07, 6.45) is -2.84. The molecule has 4 aromatic heterocycles. The van der Waals surface area contributed by atoms with Gasteiger partial charge in [-0.1, -0.05) is 6.07 Å². The zero-order valence-electron chi connectivity index (χ0n) is 16.1. The highest BCUT2D eigenvalue weighted by Crippen LogP contribution is 2.33. The minimum atomic E-state index is -4.65. The minimum Gasteiger partial charge on any atom is -0.346 e. The van der Waals surface area contributed by atoms with Gasteiger partial charge in [0.1, 0.15) is 0 Å². The summed E-state index contributed by atoms with van der Waals surface area (Å²) in [7, 11) is 0. The van der Waals surface area contributed by atoms with Gasteiger partial charge < -0.3 is 5.32 Å². The SMILES string of the molecule is CCn1cc(CNC(=O)c2cc3nc(-c4cccs4)cc(C(F)(F)F)n3n2)c(C)n1. The molecular formula is C19H17F3N6OS. The number of alkyl halides is 3. The second-order valence-electron chi connectivity index (χ2n) is 6.58. The Kier molecular flexibility index (Phi) is 5.06. The van der Waals surface area contributed by atoms with E-state index in [0.29, 0.717) is 15.9 Å². The Balaban J connectivity index is 1.66. The molecule has 4 heterocycles. The highest BCUT2D eigenvalue weighted by molar-refractivity contribution is 7.13. The lowest BCUT2D eigenvalue weighted by molar-refractivity contribution is -0.142. The number of carbonyl (C=O) groups is 1. The van der Waals surface area contributed by atoms with Crippen LogP contribution in [0.15, 0.2) is 35.8 Å². The van der Waals surface area contributed by atoms with Crippen LogP contribution < -0.4 is 5.32 Å². The number of nitrogens with one attached hydrogen (secondary N) is 1. The molecule has 4 aromatic rings. The average molecular weight is 434 g/mol. The van der Waals surface area contributed by atoms with Gasteiger partial charge in [-0.2, -0.15) is 23.4 Å². The number of amides is 1.